The second kappa shape index (κ2) is 8.98. The van der Waals surface area contributed by atoms with E-state index in [-0.39, 0.29) is 43.1 Å². The molecule has 0 aliphatic carbocycles. The number of hydrogen-bond acceptors (Lipinski definition) is 3. The van der Waals surface area contributed by atoms with Crippen molar-refractivity contribution in [3.05, 3.63) is 29.8 Å². The summed E-state index contributed by atoms with van der Waals surface area (Å²) in [5, 5.41) is 5.88. The van der Waals surface area contributed by atoms with E-state index in [2.05, 4.69) is 15.4 Å². The van der Waals surface area contributed by atoms with Crippen molar-refractivity contribution >= 4 is 18.3 Å². The first-order valence-electron chi connectivity index (χ1n) is 7.30. The highest BCUT2D eigenvalue weighted by molar-refractivity contribution is 5.85. The van der Waals surface area contributed by atoms with Gasteiger partial charge in [0.15, 0.2) is 0 Å². The number of benzene rings is 1. The number of hydrogen-bond donors (Lipinski definition) is 2. The van der Waals surface area contributed by atoms with E-state index < -0.39 is 6.36 Å². The van der Waals surface area contributed by atoms with Gasteiger partial charge in [-0.2, -0.15) is 0 Å². The first-order valence-corrected chi connectivity index (χ1v) is 7.30. The van der Waals surface area contributed by atoms with Gasteiger partial charge in [-0.1, -0.05) is 24.6 Å². The van der Waals surface area contributed by atoms with Crippen LogP contribution in [0.1, 0.15) is 24.8 Å². The Hall–Kier alpha value is -1.47. The number of rotatable bonds is 5. The van der Waals surface area contributed by atoms with Gasteiger partial charge in [0.1, 0.15) is 5.75 Å². The third-order valence-corrected chi connectivity index (χ3v) is 3.52. The molecule has 1 amide bonds. The van der Waals surface area contributed by atoms with Gasteiger partial charge in [0.05, 0.1) is 6.04 Å². The van der Waals surface area contributed by atoms with Crippen molar-refractivity contribution < 1.29 is 22.7 Å². The summed E-state index contributed by atoms with van der Waals surface area (Å²) < 4.78 is 40.9. The van der Waals surface area contributed by atoms with Gasteiger partial charge in [-0.3, -0.25) is 4.79 Å². The van der Waals surface area contributed by atoms with Gasteiger partial charge in [0.25, 0.3) is 0 Å². The molecule has 0 aromatic heterocycles. The number of halogens is 4. The lowest BCUT2D eigenvalue weighted by Crippen LogP contribution is -2.47. The summed E-state index contributed by atoms with van der Waals surface area (Å²) in [6.07, 6.45) is -1.57. The van der Waals surface area contributed by atoms with Gasteiger partial charge in [0, 0.05) is 6.54 Å². The van der Waals surface area contributed by atoms with E-state index in [1.807, 2.05) is 0 Å². The van der Waals surface area contributed by atoms with Crippen LogP contribution in [0.4, 0.5) is 13.2 Å². The number of nitrogens with one attached hydrogen (secondary N) is 2. The number of amides is 1. The largest absolute Gasteiger partial charge is 0.573 e. The van der Waals surface area contributed by atoms with Crippen molar-refractivity contribution in [3.8, 4) is 5.75 Å². The highest BCUT2D eigenvalue weighted by atomic mass is 35.5. The lowest BCUT2D eigenvalue weighted by atomic mass is 10.0. The molecule has 0 spiro atoms. The molecule has 1 aromatic rings. The summed E-state index contributed by atoms with van der Waals surface area (Å²) in [7, 11) is 0. The van der Waals surface area contributed by atoms with Crippen molar-refractivity contribution in [2.75, 3.05) is 13.1 Å². The molecule has 1 aliphatic rings. The zero-order valence-electron chi connectivity index (χ0n) is 12.5. The standard InChI is InChI=1S/C15H19F3N2O2.ClH/c16-15(17,18)22-13-7-2-1-5-11(13)8-10-20-14(21)12-6-3-4-9-19-12;/h1-2,5,7,12,19H,3-4,6,8-10H2,(H,20,21);1H. The fraction of sp³-hybridized carbons (Fsp3) is 0.533. The molecule has 23 heavy (non-hydrogen) atoms. The van der Waals surface area contributed by atoms with Crippen LogP contribution in [0.25, 0.3) is 0 Å². The van der Waals surface area contributed by atoms with E-state index in [0.717, 1.165) is 25.8 Å². The second-order valence-electron chi connectivity index (χ2n) is 5.20. The Kier molecular flexibility index (Phi) is 7.64. The zero-order valence-corrected chi connectivity index (χ0v) is 13.3. The average Bonchev–Trinajstić information content (AvgIpc) is 2.48. The number of ether oxygens (including phenoxy) is 1. The summed E-state index contributed by atoms with van der Waals surface area (Å²) in [5.74, 6) is -0.325. The van der Waals surface area contributed by atoms with E-state index in [1.165, 1.54) is 12.1 Å². The lowest BCUT2D eigenvalue weighted by Gasteiger charge is -2.22. The Morgan fingerprint density at radius 3 is 2.70 bits per heavy atom. The smallest absolute Gasteiger partial charge is 0.406 e. The van der Waals surface area contributed by atoms with Crippen molar-refractivity contribution in [2.45, 2.75) is 38.1 Å². The number of carbonyl (C=O) groups excluding carboxylic acids is 1. The Morgan fingerprint density at radius 2 is 2.04 bits per heavy atom. The quantitative estimate of drug-likeness (QED) is 0.856. The summed E-state index contributed by atoms with van der Waals surface area (Å²) in [5.41, 5.74) is 0.414. The van der Waals surface area contributed by atoms with Crippen LogP contribution in [0.15, 0.2) is 24.3 Å². The normalized spacial score (nSPS) is 18.0. The molecule has 8 heteroatoms. The highest BCUT2D eigenvalue weighted by Gasteiger charge is 2.31. The SMILES string of the molecule is Cl.O=C(NCCc1ccccc1OC(F)(F)F)C1CCCCN1. The van der Waals surface area contributed by atoms with Gasteiger partial charge in [-0.05, 0) is 37.4 Å². The minimum absolute atomic E-state index is 0. The van der Waals surface area contributed by atoms with Crippen LogP contribution in [0.2, 0.25) is 0 Å². The predicted octanol–water partition coefficient (Wildman–Crippen LogP) is 2.81. The summed E-state index contributed by atoms with van der Waals surface area (Å²) in [4.78, 5) is 11.9. The lowest BCUT2D eigenvalue weighted by molar-refractivity contribution is -0.274. The molecule has 1 heterocycles. The van der Waals surface area contributed by atoms with Crippen molar-refractivity contribution in [1.82, 2.24) is 10.6 Å². The molecule has 2 N–H and O–H groups in total. The molecule has 1 unspecified atom stereocenters. The molecule has 0 radical (unpaired) electrons. The number of para-hydroxylation sites is 1. The van der Waals surface area contributed by atoms with E-state index in [0.29, 0.717) is 5.56 Å². The van der Waals surface area contributed by atoms with Gasteiger partial charge >= 0.3 is 6.36 Å². The number of piperidine rings is 1. The van der Waals surface area contributed by atoms with Gasteiger partial charge in [0.2, 0.25) is 5.91 Å². The average molecular weight is 353 g/mol. The Balaban J connectivity index is 0.00000264. The van der Waals surface area contributed by atoms with Crippen molar-refractivity contribution in [2.24, 2.45) is 0 Å². The van der Waals surface area contributed by atoms with Crippen LogP contribution in [0.5, 0.6) is 5.75 Å². The molecule has 0 saturated carbocycles. The molecular weight excluding hydrogens is 333 g/mol. The fourth-order valence-electron chi connectivity index (χ4n) is 2.45. The molecule has 1 aromatic carbocycles. The summed E-state index contributed by atoms with van der Waals surface area (Å²) >= 11 is 0. The first-order chi connectivity index (χ1) is 10.5. The number of carbonyl (C=O) groups is 1. The zero-order chi connectivity index (χ0) is 16.0. The van der Waals surface area contributed by atoms with Crippen molar-refractivity contribution in [3.63, 3.8) is 0 Å². The fourth-order valence-corrected chi connectivity index (χ4v) is 2.45. The highest BCUT2D eigenvalue weighted by Crippen LogP contribution is 2.26. The van der Waals surface area contributed by atoms with E-state index in [1.54, 1.807) is 12.1 Å². The van der Waals surface area contributed by atoms with E-state index in [9.17, 15) is 18.0 Å². The molecular formula is C15H20ClF3N2O2. The molecule has 1 atom stereocenters. The molecule has 1 aliphatic heterocycles. The maximum absolute atomic E-state index is 12.3. The molecule has 2 rings (SSSR count). The predicted molar refractivity (Wildman–Crippen MR) is 82.7 cm³/mol. The summed E-state index contributed by atoms with van der Waals surface area (Å²) in [6, 6.07) is 5.76. The molecule has 0 bridgehead atoms. The van der Waals surface area contributed by atoms with Crippen LogP contribution in [0, 0.1) is 0 Å². The van der Waals surface area contributed by atoms with Crippen LogP contribution in [-0.4, -0.2) is 31.4 Å². The first kappa shape index (κ1) is 19.6. The Bertz CT molecular complexity index is 506. The topological polar surface area (TPSA) is 50.4 Å². The third-order valence-electron chi connectivity index (χ3n) is 3.52. The van der Waals surface area contributed by atoms with Crippen LogP contribution in [0.3, 0.4) is 0 Å². The van der Waals surface area contributed by atoms with E-state index in [4.69, 9.17) is 0 Å². The molecule has 4 nitrogen and oxygen atoms in total. The number of alkyl halides is 3. The second-order valence-corrected chi connectivity index (χ2v) is 5.20. The van der Waals surface area contributed by atoms with Crippen molar-refractivity contribution in [1.29, 1.82) is 0 Å². The molecule has 1 saturated heterocycles. The molecule has 1 fully saturated rings. The Labute approximate surface area is 139 Å². The molecule has 130 valence electrons. The maximum Gasteiger partial charge on any atom is 0.573 e. The summed E-state index contributed by atoms with van der Waals surface area (Å²) in [6.45, 7) is 1.09. The monoisotopic (exact) mass is 352 g/mol. The van der Waals surface area contributed by atoms with Gasteiger partial charge < -0.3 is 15.4 Å². The van der Waals surface area contributed by atoms with Gasteiger partial charge in [-0.15, -0.1) is 25.6 Å². The maximum atomic E-state index is 12.3. The minimum atomic E-state index is -4.72. The van der Waals surface area contributed by atoms with Crippen LogP contribution < -0.4 is 15.4 Å². The minimum Gasteiger partial charge on any atom is -0.406 e. The van der Waals surface area contributed by atoms with E-state index >= 15 is 0 Å². The van der Waals surface area contributed by atoms with Crippen LogP contribution in [-0.2, 0) is 11.2 Å². The van der Waals surface area contributed by atoms with Crippen LogP contribution >= 0.6 is 12.4 Å². The third kappa shape index (κ3) is 6.66. The van der Waals surface area contributed by atoms with Gasteiger partial charge in [-0.25, -0.2) is 0 Å². The Morgan fingerprint density at radius 1 is 1.30 bits per heavy atom.